The fourth-order valence-electron chi connectivity index (χ4n) is 2.67. The molecule has 0 radical (unpaired) electrons. The van der Waals surface area contributed by atoms with Crippen molar-refractivity contribution in [1.82, 2.24) is 5.32 Å². The first-order chi connectivity index (χ1) is 13.9. The molecule has 3 amide bonds. The summed E-state index contributed by atoms with van der Waals surface area (Å²) < 4.78 is 0. The minimum atomic E-state index is -0.871. The van der Waals surface area contributed by atoms with Crippen LogP contribution in [0.1, 0.15) is 25.6 Å². The number of thiophene rings is 1. The molecule has 0 saturated carbocycles. The molecule has 29 heavy (non-hydrogen) atoms. The Morgan fingerprint density at radius 1 is 1.00 bits per heavy atom. The highest BCUT2D eigenvalue weighted by Crippen LogP contribution is 2.24. The van der Waals surface area contributed by atoms with E-state index in [1.54, 1.807) is 17.5 Å². The summed E-state index contributed by atoms with van der Waals surface area (Å²) in [6.45, 7) is 0. The van der Waals surface area contributed by atoms with E-state index in [0.717, 1.165) is 5.56 Å². The molecule has 1 atom stereocenters. The maximum Gasteiger partial charge on any atom is 0.265 e. The van der Waals surface area contributed by atoms with Crippen LogP contribution in [0.4, 0.5) is 5.69 Å². The minimum absolute atomic E-state index is 0.246. The first kappa shape index (κ1) is 20.6. The van der Waals surface area contributed by atoms with Crippen molar-refractivity contribution >= 4 is 46.3 Å². The second-order valence-electron chi connectivity index (χ2n) is 6.24. The number of hydrogen-bond acceptors (Lipinski definition) is 4. The Morgan fingerprint density at radius 2 is 1.76 bits per heavy atom. The molecule has 1 heterocycles. The van der Waals surface area contributed by atoms with Gasteiger partial charge in [0.25, 0.3) is 11.8 Å². The normalized spacial score (nSPS) is 11.5. The van der Waals surface area contributed by atoms with Crippen LogP contribution in [-0.2, 0) is 11.2 Å². The Hall–Kier alpha value is -3.16. The SMILES string of the molecule is NC(=O)C(Cc1ccccc1)NC(=O)c1ccc(Cl)c(NC(=O)c2cccs2)c1. The molecule has 0 fully saturated rings. The van der Waals surface area contributed by atoms with Gasteiger partial charge in [-0.15, -0.1) is 11.3 Å². The highest BCUT2D eigenvalue weighted by molar-refractivity contribution is 7.12. The van der Waals surface area contributed by atoms with Crippen LogP contribution in [0.5, 0.6) is 0 Å². The molecule has 148 valence electrons. The number of anilines is 1. The summed E-state index contributed by atoms with van der Waals surface area (Å²) in [5, 5.41) is 7.42. The lowest BCUT2D eigenvalue weighted by atomic mass is 10.0. The van der Waals surface area contributed by atoms with Crippen LogP contribution in [0.2, 0.25) is 5.02 Å². The van der Waals surface area contributed by atoms with Crippen molar-refractivity contribution in [2.24, 2.45) is 5.73 Å². The second-order valence-corrected chi connectivity index (χ2v) is 7.60. The summed E-state index contributed by atoms with van der Waals surface area (Å²) in [7, 11) is 0. The smallest absolute Gasteiger partial charge is 0.265 e. The summed E-state index contributed by atoms with van der Waals surface area (Å²) in [4.78, 5) is 37.2. The molecule has 1 unspecified atom stereocenters. The fourth-order valence-corrected chi connectivity index (χ4v) is 3.45. The molecule has 2 aromatic carbocycles. The van der Waals surface area contributed by atoms with Crippen molar-refractivity contribution in [3.05, 3.63) is 87.1 Å². The molecule has 0 spiro atoms. The summed E-state index contributed by atoms with van der Waals surface area (Å²) in [5.41, 5.74) is 6.87. The van der Waals surface area contributed by atoms with Crippen molar-refractivity contribution in [3.63, 3.8) is 0 Å². The average Bonchev–Trinajstić information content (AvgIpc) is 3.25. The van der Waals surface area contributed by atoms with Gasteiger partial charge in [-0.1, -0.05) is 48.0 Å². The van der Waals surface area contributed by atoms with Gasteiger partial charge in [-0.05, 0) is 35.2 Å². The first-order valence-electron chi connectivity index (χ1n) is 8.72. The van der Waals surface area contributed by atoms with Crippen molar-refractivity contribution < 1.29 is 14.4 Å². The number of carbonyl (C=O) groups excluding carboxylic acids is 3. The zero-order chi connectivity index (χ0) is 20.8. The monoisotopic (exact) mass is 427 g/mol. The molecule has 0 aliphatic carbocycles. The molecule has 3 aromatic rings. The minimum Gasteiger partial charge on any atom is -0.368 e. The number of hydrogen-bond donors (Lipinski definition) is 3. The van der Waals surface area contributed by atoms with Gasteiger partial charge in [0.1, 0.15) is 6.04 Å². The van der Waals surface area contributed by atoms with E-state index in [2.05, 4.69) is 10.6 Å². The maximum absolute atomic E-state index is 12.7. The lowest BCUT2D eigenvalue weighted by Crippen LogP contribution is -2.45. The Labute approximate surface area is 176 Å². The third kappa shape index (κ3) is 5.43. The van der Waals surface area contributed by atoms with Crippen LogP contribution in [0.25, 0.3) is 0 Å². The maximum atomic E-state index is 12.7. The van der Waals surface area contributed by atoms with E-state index in [9.17, 15) is 14.4 Å². The number of carbonyl (C=O) groups is 3. The van der Waals surface area contributed by atoms with E-state index in [1.165, 1.54) is 29.5 Å². The number of halogens is 1. The number of nitrogens with one attached hydrogen (secondary N) is 2. The van der Waals surface area contributed by atoms with Crippen LogP contribution < -0.4 is 16.4 Å². The third-order valence-electron chi connectivity index (χ3n) is 4.15. The molecular weight excluding hydrogens is 410 g/mol. The number of nitrogens with two attached hydrogens (primary N) is 1. The summed E-state index contributed by atoms with van der Waals surface area (Å²) >= 11 is 7.45. The van der Waals surface area contributed by atoms with E-state index < -0.39 is 17.9 Å². The zero-order valence-electron chi connectivity index (χ0n) is 15.2. The fraction of sp³-hybridized carbons (Fsp3) is 0.0952. The summed E-state index contributed by atoms with van der Waals surface area (Å²) in [6.07, 6.45) is 0.275. The van der Waals surface area contributed by atoms with E-state index in [4.69, 9.17) is 17.3 Å². The molecule has 1 aromatic heterocycles. The van der Waals surface area contributed by atoms with Crippen molar-refractivity contribution in [3.8, 4) is 0 Å². The van der Waals surface area contributed by atoms with E-state index in [1.807, 2.05) is 30.3 Å². The molecule has 0 aliphatic heterocycles. The highest BCUT2D eigenvalue weighted by atomic mass is 35.5. The number of primary amides is 1. The lowest BCUT2D eigenvalue weighted by molar-refractivity contribution is -0.119. The van der Waals surface area contributed by atoms with Gasteiger partial charge >= 0.3 is 0 Å². The van der Waals surface area contributed by atoms with E-state index in [-0.39, 0.29) is 17.9 Å². The van der Waals surface area contributed by atoms with Gasteiger partial charge in [0.15, 0.2) is 0 Å². The van der Waals surface area contributed by atoms with Crippen molar-refractivity contribution in [1.29, 1.82) is 0 Å². The molecule has 0 saturated heterocycles. The van der Waals surface area contributed by atoms with Crippen LogP contribution in [0.15, 0.2) is 66.0 Å². The van der Waals surface area contributed by atoms with Crippen LogP contribution in [0, 0.1) is 0 Å². The van der Waals surface area contributed by atoms with Gasteiger partial charge in [0.2, 0.25) is 5.91 Å². The predicted octanol–water partition coefficient (Wildman–Crippen LogP) is 3.48. The Morgan fingerprint density at radius 3 is 2.41 bits per heavy atom. The molecular formula is C21H18ClN3O3S. The second kappa shape index (κ2) is 9.36. The topological polar surface area (TPSA) is 101 Å². The van der Waals surface area contributed by atoms with Gasteiger partial charge in [-0.25, -0.2) is 0 Å². The first-order valence-corrected chi connectivity index (χ1v) is 9.98. The van der Waals surface area contributed by atoms with Gasteiger partial charge in [0.05, 0.1) is 15.6 Å². The van der Waals surface area contributed by atoms with Gasteiger partial charge in [-0.3, -0.25) is 14.4 Å². The van der Waals surface area contributed by atoms with Gasteiger partial charge in [-0.2, -0.15) is 0 Å². The van der Waals surface area contributed by atoms with Gasteiger partial charge < -0.3 is 16.4 Å². The van der Waals surface area contributed by atoms with Crippen LogP contribution in [-0.4, -0.2) is 23.8 Å². The third-order valence-corrected chi connectivity index (χ3v) is 5.35. The molecule has 0 aliphatic rings. The predicted molar refractivity (Wildman–Crippen MR) is 114 cm³/mol. The van der Waals surface area contributed by atoms with Gasteiger partial charge in [0, 0.05) is 12.0 Å². The summed E-state index contributed by atoms with van der Waals surface area (Å²) in [6, 6.07) is 16.3. The highest BCUT2D eigenvalue weighted by Gasteiger charge is 2.20. The Balaban J connectivity index is 1.74. The molecule has 3 rings (SSSR count). The summed E-state index contributed by atoms with van der Waals surface area (Å²) in [5.74, 6) is -1.45. The van der Waals surface area contributed by atoms with Crippen LogP contribution in [0.3, 0.4) is 0 Å². The molecule has 4 N–H and O–H groups in total. The number of amides is 3. The molecule has 6 nitrogen and oxygen atoms in total. The quantitative estimate of drug-likeness (QED) is 0.538. The van der Waals surface area contributed by atoms with Crippen molar-refractivity contribution in [2.45, 2.75) is 12.5 Å². The Kier molecular flexibility index (Phi) is 6.64. The van der Waals surface area contributed by atoms with Crippen molar-refractivity contribution in [2.75, 3.05) is 5.32 Å². The standard InChI is InChI=1S/C21H18ClN3O3S/c22-15-9-8-14(12-16(15)24-21(28)18-7-4-10-29-18)20(27)25-17(19(23)26)11-13-5-2-1-3-6-13/h1-10,12,17H,11H2,(H2,23,26)(H,24,28)(H,25,27). The largest absolute Gasteiger partial charge is 0.368 e. The Bertz CT molecular complexity index is 1020. The van der Waals surface area contributed by atoms with E-state index in [0.29, 0.717) is 15.6 Å². The zero-order valence-corrected chi connectivity index (χ0v) is 16.8. The van der Waals surface area contributed by atoms with E-state index >= 15 is 0 Å². The average molecular weight is 428 g/mol. The molecule has 8 heteroatoms. The number of rotatable bonds is 7. The number of benzene rings is 2. The molecule has 0 bridgehead atoms. The van der Waals surface area contributed by atoms with Crippen LogP contribution >= 0.6 is 22.9 Å². The lowest BCUT2D eigenvalue weighted by Gasteiger charge is -2.16.